The minimum Gasteiger partial charge on any atom is -0.493 e. The molecule has 0 radical (unpaired) electrons. The van der Waals surface area contributed by atoms with Crippen LogP contribution in [0.4, 0.5) is 8.78 Å². The third-order valence-corrected chi connectivity index (χ3v) is 2.68. The van der Waals surface area contributed by atoms with Crippen molar-refractivity contribution < 1.29 is 13.5 Å². The molecule has 0 bridgehead atoms. The molecule has 0 spiro atoms. The average molecular weight is 213 g/mol. The summed E-state index contributed by atoms with van der Waals surface area (Å²) >= 11 is 0. The molecule has 1 aromatic rings. The summed E-state index contributed by atoms with van der Waals surface area (Å²) in [5.74, 6) is -1.05. The number of halogens is 2. The number of rotatable bonds is 2. The Kier molecular flexibility index (Phi) is 2.86. The molecule has 0 aromatic heterocycles. The summed E-state index contributed by atoms with van der Waals surface area (Å²) < 4.78 is 31.4. The first kappa shape index (κ1) is 10.4. The minimum absolute atomic E-state index is 0.00477. The number of benzene rings is 1. The lowest BCUT2D eigenvalue weighted by Gasteiger charge is -2.15. The molecule has 1 aliphatic heterocycles. The van der Waals surface area contributed by atoms with Crippen LogP contribution in [0.25, 0.3) is 0 Å². The number of methoxy groups -OCH3 is 1. The van der Waals surface area contributed by atoms with Gasteiger partial charge in [0.2, 0.25) is 0 Å². The normalized spacial score (nSPS) is 20.6. The van der Waals surface area contributed by atoms with Crippen molar-refractivity contribution in [1.29, 1.82) is 0 Å². The standard InChI is InChI=1S/C11H13F2NO/c1-15-11-8(10-3-2-4-14-10)5-7(12)6-9(11)13/h5-6,10,14H,2-4H2,1H3/t10-/m0/s1. The van der Waals surface area contributed by atoms with Gasteiger partial charge in [-0.05, 0) is 25.5 Å². The van der Waals surface area contributed by atoms with Crippen LogP contribution in [0.15, 0.2) is 12.1 Å². The van der Waals surface area contributed by atoms with Gasteiger partial charge in [0.1, 0.15) is 5.82 Å². The molecule has 4 heteroatoms. The van der Waals surface area contributed by atoms with E-state index < -0.39 is 11.6 Å². The van der Waals surface area contributed by atoms with E-state index in [1.807, 2.05) is 0 Å². The van der Waals surface area contributed by atoms with Crippen LogP contribution in [0.5, 0.6) is 5.75 Å². The molecule has 1 saturated heterocycles. The number of nitrogens with one attached hydrogen (secondary N) is 1. The van der Waals surface area contributed by atoms with Crippen LogP contribution in [0.3, 0.4) is 0 Å². The Morgan fingerprint density at radius 3 is 2.80 bits per heavy atom. The Bertz CT molecular complexity index is 362. The van der Waals surface area contributed by atoms with E-state index in [9.17, 15) is 8.78 Å². The Hall–Kier alpha value is -1.16. The maximum Gasteiger partial charge on any atom is 0.168 e. The van der Waals surface area contributed by atoms with Crippen molar-refractivity contribution in [1.82, 2.24) is 5.32 Å². The van der Waals surface area contributed by atoms with Crippen LogP contribution in [0.1, 0.15) is 24.4 Å². The maximum atomic E-state index is 13.4. The molecule has 0 aliphatic carbocycles. The highest BCUT2D eigenvalue weighted by Crippen LogP contribution is 2.33. The van der Waals surface area contributed by atoms with Gasteiger partial charge in [-0.1, -0.05) is 0 Å². The van der Waals surface area contributed by atoms with Gasteiger partial charge >= 0.3 is 0 Å². The van der Waals surface area contributed by atoms with Crippen LogP contribution in [-0.4, -0.2) is 13.7 Å². The fourth-order valence-electron chi connectivity index (χ4n) is 2.00. The number of hydrogen-bond acceptors (Lipinski definition) is 2. The Balaban J connectivity index is 2.42. The monoisotopic (exact) mass is 213 g/mol. The zero-order chi connectivity index (χ0) is 10.8. The quantitative estimate of drug-likeness (QED) is 0.814. The second-order valence-corrected chi connectivity index (χ2v) is 3.66. The van der Waals surface area contributed by atoms with Gasteiger partial charge in [-0.3, -0.25) is 0 Å². The van der Waals surface area contributed by atoms with E-state index in [4.69, 9.17) is 4.74 Å². The highest BCUT2D eigenvalue weighted by molar-refractivity contribution is 5.38. The minimum atomic E-state index is -0.638. The summed E-state index contributed by atoms with van der Waals surface area (Å²) in [5, 5.41) is 3.19. The summed E-state index contributed by atoms with van der Waals surface area (Å²) in [6.45, 7) is 0.881. The molecule has 1 heterocycles. The summed E-state index contributed by atoms with van der Waals surface area (Å²) in [7, 11) is 1.40. The first-order chi connectivity index (χ1) is 7.22. The highest BCUT2D eigenvalue weighted by Gasteiger charge is 2.22. The molecule has 1 fully saturated rings. The van der Waals surface area contributed by atoms with E-state index >= 15 is 0 Å². The van der Waals surface area contributed by atoms with Crippen molar-refractivity contribution in [2.75, 3.05) is 13.7 Å². The van der Waals surface area contributed by atoms with Crippen LogP contribution < -0.4 is 10.1 Å². The first-order valence-electron chi connectivity index (χ1n) is 4.98. The van der Waals surface area contributed by atoms with Crippen LogP contribution >= 0.6 is 0 Å². The van der Waals surface area contributed by atoms with Crippen LogP contribution in [0.2, 0.25) is 0 Å². The lowest BCUT2D eigenvalue weighted by Crippen LogP contribution is -2.14. The van der Waals surface area contributed by atoms with Gasteiger partial charge in [0.05, 0.1) is 7.11 Å². The molecule has 0 unspecified atom stereocenters. The molecular formula is C11H13F2NO. The van der Waals surface area contributed by atoms with Crippen molar-refractivity contribution in [3.05, 3.63) is 29.3 Å². The summed E-state index contributed by atoms with van der Waals surface area (Å²) in [5.41, 5.74) is 0.576. The summed E-state index contributed by atoms with van der Waals surface area (Å²) in [6.07, 6.45) is 1.91. The van der Waals surface area contributed by atoms with Gasteiger partial charge in [-0.25, -0.2) is 8.78 Å². The zero-order valence-corrected chi connectivity index (χ0v) is 8.52. The zero-order valence-electron chi connectivity index (χ0n) is 8.52. The van der Waals surface area contributed by atoms with Crippen molar-refractivity contribution in [3.63, 3.8) is 0 Å². The maximum absolute atomic E-state index is 13.4. The topological polar surface area (TPSA) is 21.3 Å². The summed E-state index contributed by atoms with van der Waals surface area (Å²) in [6, 6.07) is 2.19. The molecule has 0 saturated carbocycles. The SMILES string of the molecule is COc1c(F)cc(F)cc1[C@@H]1CCCN1. The van der Waals surface area contributed by atoms with Gasteiger partial charge < -0.3 is 10.1 Å². The lowest BCUT2D eigenvalue weighted by molar-refractivity contribution is 0.372. The summed E-state index contributed by atoms with van der Waals surface area (Å²) in [4.78, 5) is 0. The van der Waals surface area contributed by atoms with E-state index in [0.717, 1.165) is 25.5 Å². The van der Waals surface area contributed by atoms with E-state index in [2.05, 4.69) is 5.32 Å². The lowest BCUT2D eigenvalue weighted by atomic mass is 10.0. The van der Waals surface area contributed by atoms with Crippen LogP contribution in [-0.2, 0) is 0 Å². The molecular weight excluding hydrogens is 200 g/mol. The fourth-order valence-corrected chi connectivity index (χ4v) is 2.00. The molecule has 15 heavy (non-hydrogen) atoms. The molecule has 1 aromatic carbocycles. The van der Waals surface area contributed by atoms with E-state index in [-0.39, 0.29) is 11.8 Å². The molecule has 2 rings (SSSR count). The van der Waals surface area contributed by atoms with Crippen molar-refractivity contribution in [2.45, 2.75) is 18.9 Å². The average Bonchev–Trinajstić information content (AvgIpc) is 2.69. The van der Waals surface area contributed by atoms with Gasteiger partial charge in [-0.15, -0.1) is 0 Å². The Morgan fingerprint density at radius 2 is 2.20 bits per heavy atom. The fraction of sp³-hybridized carbons (Fsp3) is 0.455. The Morgan fingerprint density at radius 1 is 1.40 bits per heavy atom. The van der Waals surface area contributed by atoms with E-state index in [0.29, 0.717) is 5.56 Å². The number of ether oxygens (including phenoxy) is 1. The third kappa shape index (κ3) is 1.95. The van der Waals surface area contributed by atoms with Gasteiger partial charge in [-0.2, -0.15) is 0 Å². The van der Waals surface area contributed by atoms with Gasteiger partial charge in [0.15, 0.2) is 11.6 Å². The predicted molar refractivity (Wildman–Crippen MR) is 52.9 cm³/mol. The molecule has 1 N–H and O–H groups in total. The predicted octanol–water partition coefficient (Wildman–Crippen LogP) is 2.40. The molecule has 0 amide bonds. The van der Waals surface area contributed by atoms with Crippen molar-refractivity contribution >= 4 is 0 Å². The largest absolute Gasteiger partial charge is 0.493 e. The van der Waals surface area contributed by atoms with E-state index in [1.165, 1.54) is 13.2 Å². The van der Waals surface area contributed by atoms with Crippen LogP contribution in [0, 0.1) is 11.6 Å². The molecule has 1 atom stereocenters. The van der Waals surface area contributed by atoms with Gasteiger partial charge in [0.25, 0.3) is 0 Å². The molecule has 82 valence electrons. The number of hydrogen-bond donors (Lipinski definition) is 1. The second kappa shape index (κ2) is 4.14. The second-order valence-electron chi connectivity index (χ2n) is 3.66. The molecule has 1 aliphatic rings. The van der Waals surface area contributed by atoms with E-state index in [1.54, 1.807) is 0 Å². The van der Waals surface area contributed by atoms with Gasteiger partial charge in [0, 0.05) is 17.7 Å². The van der Waals surface area contributed by atoms with Crippen molar-refractivity contribution in [3.8, 4) is 5.75 Å². The van der Waals surface area contributed by atoms with Crippen molar-refractivity contribution in [2.24, 2.45) is 0 Å². The Labute approximate surface area is 87.2 Å². The smallest absolute Gasteiger partial charge is 0.168 e. The highest BCUT2D eigenvalue weighted by atomic mass is 19.1. The first-order valence-corrected chi connectivity index (χ1v) is 4.98. The third-order valence-electron chi connectivity index (χ3n) is 2.68. The molecule has 2 nitrogen and oxygen atoms in total.